The van der Waals surface area contributed by atoms with Crippen molar-refractivity contribution in [1.29, 1.82) is 0 Å². The highest BCUT2D eigenvalue weighted by molar-refractivity contribution is 7.88. The summed E-state index contributed by atoms with van der Waals surface area (Å²) in [5.41, 5.74) is -1.51. The molecular weight excluding hydrogens is 499 g/mol. The molecule has 0 saturated carbocycles. The van der Waals surface area contributed by atoms with Gasteiger partial charge in [-0.2, -0.15) is 13.2 Å². The molecule has 0 fully saturated rings. The maximum Gasteiger partial charge on any atom is 0.417 e. The van der Waals surface area contributed by atoms with E-state index in [1.165, 1.54) is 14.1 Å². The Morgan fingerprint density at radius 3 is 2.47 bits per heavy atom. The molecule has 198 valence electrons. The summed E-state index contributed by atoms with van der Waals surface area (Å²) in [6, 6.07) is 3.07. The van der Waals surface area contributed by atoms with Crippen molar-refractivity contribution in [3.8, 4) is 5.75 Å². The highest BCUT2D eigenvalue weighted by atomic mass is 32.2. The molecule has 0 aliphatic carbocycles. The number of amides is 1. The Labute approximate surface area is 210 Å². The lowest BCUT2D eigenvalue weighted by molar-refractivity contribution is -0.138. The van der Waals surface area contributed by atoms with E-state index in [1.54, 1.807) is 6.26 Å². The van der Waals surface area contributed by atoms with Crippen molar-refractivity contribution >= 4 is 29.0 Å². The van der Waals surface area contributed by atoms with Crippen LogP contribution in [0.4, 0.5) is 18.9 Å². The van der Waals surface area contributed by atoms with Crippen LogP contribution in [0.2, 0.25) is 0 Å². The van der Waals surface area contributed by atoms with Gasteiger partial charge >= 0.3 is 6.18 Å². The van der Waals surface area contributed by atoms with Crippen LogP contribution in [0.5, 0.6) is 5.75 Å². The van der Waals surface area contributed by atoms with Crippen LogP contribution < -0.4 is 15.8 Å². The standard InChI is InChI=1S/C23H30F3N5O4S/c1-7-16(18-10-14(11-35-18)12(2)3)28-13(4)21(30-36(27)34)29-17-9-8-15(23(24,25)26)19(20(17)32)22(33)31(5)6/h8-12,16,28,32H,4,7,27H2,1-3,5-6H3,(H,29,30)/t16-,36?/m1/s1. The predicted molar refractivity (Wildman–Crippen MR) is 133 cm³/mol. The Hall–Kier alpha value is -3.16. The molecule has 2 rings (SSSR count). The highest BCUT2D eigenvalue weighted by Crippen LogP contribution is 2.40. The predicted octanol–water partition coefficient (Wildman–Crippen LogP) is 4.43. The van der Waals surface area contributed by atoms with Crippen LogP contribution in [0, 0.1) is 0 Å². The summed E-state index contributed by atoms with van der Waals surface area (Å²) in [6.45, 7) is 9.77. The fraction of sp³-hybridized carbons (Fsp3) is 0.391. The van der Waals surface area contributed by atoms with E-state index in [0.29, 0.717) is 18.2 Å². The van der Waals surface area contributed by atoms with Crippen LogP contribution in [-0.2, 0) is 17.7 Å². The second-order valence-electron chi connectivity index (χ2n) is 8.44. The van der Waals surface area contributed by atoms with E-state index < -0.39 is 40.5 Å². The molecule has 2 atom stereocenters. The Kier molecular flexibility index (Phi) is 9.46. The Balaban J connectivity index is 2.44. The number of carbonyl (C=O) groups is 1. The number of hydrogen-bond donors (Lipinski definition) is 4. The number of phenols is 1. The number of hydrogen-bond acceptors (Lipinski definition) is 7. The molecule has 13 heteroatoms. The number of carbonyl (C=O) groups excluding carboxylic acids is 1. The fourth-order valence-electron chi connectivity index (χ4n) is 3.25. The third-order valence-corrected chi connectivity index (χ3v) is 5.59. The number of nitrogens with two attached hydrogens (primary N) is 1. The van der Waals surface area contributed by atoms with Gasteiger partial charge in [0.15, 0.2) is 17.3 Å². The van der Waals surface area contributed by atoms with Gasteiger partial charge in [0.25, 0.3) is 5.91 Å². The minimum absolute atomic E-state index is 0.0722. The first-order valence-electron chi connectivity index (χ1n) is 10.9. The molecule has 0 bridgehead atoms. The van der Waals surface area contributed by atoms with E-state index in [0.717, 1.165) is 16.5 Å². The molecule has 0 saturated heterocycles. The highest BCUT2D eigenvalue weighted by Gasteiger charge is 2.38. The lowest BCUT2D eigenvalue weighted by atomic mass is 10.0. The van der Waals surface area contributed by atoms with Gasteiger partial charge in [-0.05, 0) is 40.5 Å². The van der Waals surface area contributed by atoms with E-state index in [2.05, 4.69) is 21.6 Å². The quantitative estimate of drug-likeness (QED) is 0.163. The van der Waals surface area contributed by atoms with Crippen molar-refractivity contribution in [2.75, 3.05) is 19.4 Å². The van der Waals surface area contributed by atoms with Crippen LogP contribution >= 0.6 is 0 Å². The number of phenolic OH excluding ortho intramolecular Hbond substituents is 1. The molecule has 0 aliphatic heterocycles. The van der Waals surface area contributed by atoms with Gasteiger partial charge in [0, 0.05) is 14.1 Å². The second kappa shape index (κ2) is 11.7. The maximum atomic E-state index is 13.5. The van der Waals surface area contributed by atoms with Gasteiger partial charge in [0.1, 0.15) is 5.76 Å². The van der Waals surface area contributed by atoms with E-state index in [4.69, 9.17) is 9.56 Å². The van der Waals surface area contributed by atoms with Gasteiger partial charge < -0.3 is 29.6 Å². The van der Waals surface area contributed by atoms with Crippen molar-refractivity contribution < 1.29 is 32.0 Å². The third kappa shape index (κ3) is 6.95. The van der Waals surface area contributed by atoms with Crippen molar-refractivity contribution in [2.24, 2.45) is 9.54 Å². The largest absolute Gasteiger partial charge is 0.572 e. The summed E-state index contributed by atoms with van der Waals surface area (Å²) < 4.78 is 61.7. The number of alkyl halides is 3. The van der Waals surface area contributed by atoms with Crippen LogP contribution in [0.15, 0.2) is 45.6 Å². The number of amidine groups is 1. The zero-order valence-corrected chi connectivity index (χ0v) is 21.4. The van der Waals surface area contributed by atoms with E-state index in [-0.39, 0.29) is 29.2 Å². The minimum atomic E-state index is -4.90. The minimum Gasteiger partial charge on any atom is -0.572 e. The zero-order chi connectivity index (χ0) is 27.4. The molecule has 0 aliphatic rings. The molecule has 1 heterocycles. The normalized spacial score (nSPS) is 13.9. The number of anilines is 1. The van der Waals surface area contributed by atoms with Gasteiger partial charge in [-0.3, -0.25) is 4.79 Å². The van der Waals surface area contributed by atoms with Crippen molar-refractivity contribution in [3.63, 3.8) is 0 Å². The number of rotatable bonds is 9. The first-order valence-corrected chi connectivity index (χ1v) is 12.0. The lowest BCUT2D eigenvalue weighted by Gasteiger charge is -2.21. The van der Waals surface area contributed by atoms with E-state index >= 15 is 0 Å². The molecule has 5 N–H and O–H groups in total. The molecule has 9 nitrogen and oxygen atoms in total. The first kappa shape index (κ1) is 29.1. The number of furan rings is 1. The van der Waals surface area contributed by atoms with Crippen molar-refractivity contribution in [3.05, 3.63) is 59.2 Å². The summed E-state index contributed by atoms with van der Waals surface area (Å²) in [5, 5.41) is 21.6. The van der Waals surface area contributed by atoms with Gasteiger partial charge in [0.2, 0.25) is 5.84 Å². The number of aromatic hydroxyl groups is 1. The lowest BCUT2D eigenvalue weighted by Crippen LogP contribution is -2.30. The molecule has 0 radical (unpaired) electrons. The Morgan fingerprint density at radius 2 is 2.00 bits per heavy atom. The summed E-state index contributed by atoms with van der Waals surface area (Å²) in [4.78, 5) is 13.4. The van der Waals surface area contributed by atoms with Crippen LogP contribution in [0.1, 0.15) is 66.4 Å². The molecule has 1 amide bonds. The number of halogens is 3. The molecule has 1 aromatic carbocycles. The van der Waals surface area contributed by atoms with E-state index in [1.807, 2.05) is 26.8 Å². The average molecular weight is 530 g/mol. The maximum absolute atomic E-state index is 13.5. The monoisotopic (exact) mass is 529 g/mol. The molecule has 2 aromatic rings. The van der Waals surface area contributed by atoms with Gasteiger partial charge in [-0.1, -0.05) is 27.4 Å². The molecule has 0 spiro atoms. The van der Waals surface area contributed by atoms with Crippen LogP contribution in [0.3, 0.4) is 0 Å². The average Bonchev–Trinajstić information content (AvgIpc) is 3.26. The summed E-state index contributed by atoms with van der Waals surface area (Å²) in [7, 11) is 2.50. The van der Waals surface area contributed by atoms with E-state index in [9.17, 15) is 27.6 Å². The second-order valence-corrected chi connectivity index (χ2v) is 9.18. The SMILES string of the molecule is C=C(N[C@H](CC)c1cc(C(C)C)co1)C(=N[S+](N)[O-])Nc1ccc(C(F)(F)F)c(C(=O)N(C)C)c1O. The topological polar surface area (TPSA) is 139 Å². The van der Waals surface area contributed by atoms with Crippen molar-refractivity contribution in [2.45, 2.75) is 45.3 Å². The number of nitrogens with zero attached hydrogens (tertiary/aromatic N) is 2. The Bertz CT molecular complexity index is 1130. The summed E-state index contributed by atoms with van der Waals surface area (Å²) in [6.07, 6.45) is -2.71. The molecule has 1 aromatic heterocycles. The molecular formula is C23H30F3N5O4S. The van der Waals surface area contributed by atoms with Gasteiger partial charge in [-0.25, -0.2) is 0 Å². The van der Waals surface area contributed by atoms with Crippen LogP contribution in [0.25, 0.3) is 0 Å². The Morgan fingerprint density at radius 1 is 1.36 bits per heavy atom. The van der Waals surface area contributed by atoms with Gasteiger partial charge in [-0.15, -0.1) is 5.14 Å². The van der Waals surface area contributed by atoms with Crippen molar-refractivity contribution in [1.82, 2.24) is 10.2 Å². The molecule has 36 heavy (non-hydrogen) atoms. The van der Waals surface area contributed by atoms with Gasteiger partial charge in [0.05, 0.1) is 34.8 Å². The third-order valence-electron chi connectivity index (χ3n) is 5.23. The zero-order valence-electron chi connectivity index (χ0n) is 20.6. The van der Waals surface area contributed by atoms with Crippen LogP contribution in [-0.4, -0.2) is 40.4 Å². The number of benzene rings is 1. The summed E-state index contributed by atoms with van der Waals surface area (Å²) >= 11 is -2.24. The first-order chi connectivity index (χ1) is 16.7. The number of nitrogens with one attached hydrogen (secondary N) is 2. The molecule has 1 unspecified atom stereocenters. The fourth-order valence-corrected chi connectivity index (χ4v) is 3.58. The summed E-state index contributed by atoms with van der Waals surface area (Å²) in [5.74, 6) is -1.41. The smallest absolute Gasteiger partial charge is 0.417 e.